The lowest BCUT2D eigenvalue weighted by Crippen LogP contribution is -2.09. The first-order valence-corrected chi connectivity index (χ1v) is 5.94. The molecule has 0 amide bonds. The number of carbonyl (C=O) groups is 2. The van der Waals surface area contributed by atoms with Crippen LogP contribution in [0.3, 0.4) is 0 Å². The number of rotatable bonds is 3. The number of H-pyrrole nitrogens is 2. The lowest BCUT2D eigenvalue weighted by atomic mass is 10.0. The van der Waals surface area contributed by atoms with E-state index in [0.29, 0.717) is 16.8 Å². The highest BCUT2D eigenvalue weighted by atomic mass is 19.1. The molecule has 100 valence electrons. The maximum Gasteiger partial charge on any atom is 0.230 e. The van der Waals surface area contributed by atoms with Crippen molar-refractivity contribution < 1.29 is 14.0 Å². The summed E-state index contributed by atoms with van der Waals surface area (Å²) in [5.74, 6) is -1.89. The molecule has 0 spiro atoms. The van der Waals surface area contributed by atoms with E-state index in [0.717, 1.165) is 6.92 Å². The third kappa shape index (κ3) is 1.73. The number of aromatic amines is 2. The normalized spacial score (nSPS) is 10.9. The van der Waals surface area contributed by atoms with Crippen LogP contribution < -0.4 is 0 Å². The average Bonchev–Trinajstić information content (AvgIpc) is 3.07. The molecule has 0 unspecified atom stereocenters. The molecule has 0 radical (unpaired) electrons. The number of ketones is 2. The van der Waals surface area contributed by atoms with Gasteiger partial charge in [0.15, 0.2) is 5.78 Å². The van der Waals surface area contributed by atoms with Crippen LogP contribution in [0.1, 0.15) is 17.3 Å². The summed E-state index contributed by atoms with van der Waals surface area (Å²) in [6.07, 6.45) is 3.00. The molecule has 0 saturated carbocycles. The van der Waals surface area contributed by atoms with Crippen molar-refractivity contribution in [1.82, 2.24) is 15.2 Å². The fraction of sp³-hybridized carbons (Fsp3) is 0.0714. The zero-order valence-electron chi connectivity index (χ0n) is 10.5. The van der Waals surface area contributed by atoms with Crippen LogP contribution >= 0.6 is 0 Å². The third-order valence-corrected chi connectivity index (χ3v) is 3.13. The summed E-state index contributed by atoms with van der Waals surface area (Å²) >= 11 is 0. The van der Waals surface area contributed by atoms with E-state index in [1.54, 1.807) is 18.3 Å². The van der Waals surface area contributed by atoms with E-state index in [1.165, 1.54) is 12.3 Å². The molecule has 2 aromatic heterocycles. The number of halogens is 1. The van der Waals surface area contributed by atoms with Crippen LogP contribution in [0.2, 0.25) is 0 Å². The predicted molar refractivity (Wildman–Crippen MR) is 70.8 cm³/mol. The molecule has 0 saturated heterocycles. The molecule has 0 atom stereocenters. The SMILES string of the molecule is CC(=O)C(=O)c1c[nH]c2c(-c3cc[nH]n3)ccc(F)c12. The number of hydrogen-bond acceptors (Lipinski definition) is 3. The number of Topliss-reactive ketones (excluding diaryl/α,β-unsaturated/α-hetero) is 2. The highest BCUT2D eigenvalue weighted by Crippen LogP contribution is 2.30. The first-order chi connectivity index (χ1) is 9.59. The summed E-state index contributed by atoms with van der Waals surface area (Å²) < 4.78 is 14.0. The van der Waals surface area contributed by atoms with Crippen molar-refractivity contribution in [2.75, 3.05) is 0 Å². The Morgan fingerprint density at radius 2 is 2.05 bits per heavy atom. The first-order valence-electron chi connectivity index (χ1n) is 5.94. The van der Waals surface area contributed by atoms with E-state index in [2.05, 4.69) is 15.2 Å². The van der Waals surface area contributed by atoms with Crippen LogP contribution in [0, 0.1) is 5.82 Å². The summed E-state index contributed by atoms with van der Waals surface area (Å²) in [6, 6.07) is 4.57. The van der Waals surface area contributed by atoms with Gasteiger partial charge in [0, 0.05) is 30.3 Å². The van der Waals surface area contributed by atoms with Crippen molar-refractivity contribution in [1.29, 1.82) is 0 Å². The molecule has 2 heterocycles. The second kappa shape index (κ2) is 4.41. The first kappa shape index (κ1) is 12.3. The molecular formula is C14H10FN3O2. The van der Waals surface area contributed by atoms with E-state index in [1.807, 2.05) is 0 Å². The number of hydrogen-bond donors (Lipinski definition) is 2. The van der Waals surface area contributed by atoms with Crippen molar-refractivity contribution in [3.8, 4) is 11.3 Å². The summed E-state index contributed by atoms with van der Waals surface area (Å²) in [5.41, 5.74) is 1.77. The molecular weight excluding hydrogens is 261 g/mol. The zero-order valence-corrected chi connectivity index (χ0v) is 10.5. The summed E-state index contributed by atoms with van der Waals surface area (Å²) in [4.78, 5) is 25.9. The smallest absolute Gasteiger partial charge is 0.230 e. The Bertz CT molecular complexity index is 818. The van der Waals surface area contributed by atoms with Gasteiger partial charge in [-0.1, -0.05) is 0 Å². The van der Waals surface area contributed by atoms with Crippen molar-refractivity contribution in [2.45, 2.75) is 6.92 Å². The molecule has 1 aromatic carbocycles. The number of benzene rings is 1. The van der Waals surface area contributed by atoms with Crippen molar-refractivity contribution in [3.05, 3.63) is 42.0 Å². The molecule has 3 rings (SSSR count). The Labute approximate surface area is 112 Å². The third-order valence-electron chi connectivity index (χ3n) is 3.13. The Kier molecular flexibility index (Phi) is 2.71. The second-order valence-corrected chi connectivity index (χ2v) is 4.39. The minimum Gasteiger partial charge on any atom is -0.360 e. The molecule has 0 aliphatic heterocycles. The van der Waals surface area contributed by atoms with Crippen LogP contribution in [0.5, 0.6) is 0 Å². The molecule has 20 heavy (non-hydrogen) atoms. The van der Waals surface area contributed by atoms with Gasteiger partial charge in [-0.2, -0.15) is 5.10 Å². The Hall–Kier alpha value is -2.76. The molecule has 0 aliphatic rings. The Balaban J connectivity index is 2.31. The van der Waals surface area contributed by atoms with E-state index in [9.17, 15) is 14.0 Å². The van der Waals surface area contributed by atoms with Crippen LogP contribution in [-0.2, 0) is 4.79 Å². The summed E-state index contributed by atoms with van der Waals surface area (Å²) in [6.45, 7) is 1.16. The highest BCUT2D eigenvalue weighted by molar-refractivity contribution is 6.45. The van der Waals surface area contributed by atoms with Gasteiger partial charge in [-0.05, 0) is 18.2 Å². The van der Waals surface area contributed by atoms with Gasteiger partial charge in [0.1, 0.15) is 5.82 Å². The van der Waals surface area contributed by atoms with Crippen molar-refractivity contribution in [3.63, 3.8) is 0 Å². The van der Waals surface area contributed by atoms with E-state index in [-0.39, 0.29) is 10.9 Å². The van der Waals surface area contributed by atoms with Gasteiger partial charge in [0.05, 0.1) is 16.8 Å². The minimum absolute atomic E-state index is 0.0439. The van der Waals surface area contributed by atoms with Crippen LogP contribution in [0.25, 0.3) is 22.2 Å². The highest BCUT2D eigenvalue weighted by Gasteiger charge is 2.21. The van der Waals surface area contributed by atoms with E-state index >= 15 is 0 Å². The topological polar surface area (TPSA) is 78.6 Å². The maximum atomic E-state index is 14.0. The lowest BCUT2D eigenvalue weighted by molar-refractivity contribution is -0.113. The van der Waals surface area contributed by atoms with Gasteiger partial charge in [-0.3, -0.25) is 14.7 Å². The van der Waals surface area contributed by atoms with Gasteiger partial charge in [-0.25, -0.2) is 4.39 Å². The fourth-order valence-electron chi connectivity index (χ4n) is 2.20. The molecule has 0 bridgehead atoms. The van der Waals surface area contributed by atoms with Crippen molar-refractivity contribution in [2.24, 2.45) is 0 Å². The zero-order chi connectivity index (χ0) is 14.3. The van der Waals surface area contributed by atoms with Gasteiger partial charge >= 0.3 is 0 Å². The quantitative estimate of drug-likeness (QED) is 0.567. The molecule has 0 fully saturated rings. The minimum atomic E-state index is -0.714. The van der Waals surface area contributed by atoms with E-state index in [4.69, 9.17) is 0 Å². The Morgan fingerprint density at radius 1 is 1.25 bits per heavy atom. The number of fused-ring (bicyclic) bond motifs is 1. The molecule has 5 nitrogen and oxygen atoms in total. The summed E-state index contributed by atoms with van der Waals surface area (Å²) in [5, 5.41) is 6.83. The average molecular weight is 271 g/mol. The van der Waals surface area contributed by atoms with Gasteiger partial charge in [-0.15, -0.1) is 0 Å². The maximum absolute atomic E-state index is 14.0. The molecule has 0 aliphatic carbocycles. The lowest BCUT2D eigenvalue weighted by Gasteiger charge is -2.02. The van der Waals surface area contributed by atoms with Gasteiger partial charge in [0.2, 0.25) is 5.78 Å². The van der Waals surface area contributed by atoms with E-state index < -0.39 is 17.4 Å². The van der Waals surface area contributed by atoms with Crippen molar-refractivity contribution >= 4 is 22.5 Å². The van der Waals surface area contributed by atoms with Crippen LogP contribution in [0.4, 0.5) is 4.39 Å². The summed E-state index contributed by atoms with van der Waals surface area (Å²) in [7, 11) is 0. The Morgan fingerprint density at radius 3 is 2.70 bits per heavy atom. The molecule has 6 heteroatoms. The predicted octanol–water partition coefficient (Wildman–Crippen LogP) is 2.47. The number of aromatic nitrogens is 3. The number of carbonyl (C=O) groups excluding carboxylic acids is 2. The molecule has 2 N–H and O–H groups in total. The largest absolute Gasteiger partial charge is 0.360 e. The number of nitrogens with zero attached hydrogens (tertiary/aromatic N) is 1. The second-order valence-electron chi connectivity index (χ2n) is 4.39. The standard InChI is InChI=1S/C14H10FN3O2/c1-7(19)14(20)9-6-16-13-8(11-4-5-17-18-11)2-3-10(15)12(9)13/h2-6,16H,1H3,(H,17,18). The van der Waals surface area contributed by atoms with Crippen LogP contribution in [-0.4, -0.2) is 26.7 Å². The fourth-order valence-corrected chi connectivity index (χ4v) is 2.20. The van der Waals surface area contributed by atoms with Gasteiger partial charge in [0.25, 0.3) is 0 Å². The molecule has 3 aromatic rings. The van der Waals surface area contributed by atoms with Gasteiger partial charge < -0.3 is 4.98 Å². The number of nitrogens with one attached hydrogen (secondary N) is 2. The monoisotopic (exact) mass is 271 g/mol. The van der Waals surface area contributed by atoms with Crippen LogP contribution in [0.15, 0.2) is 30.6 Å².